The van der Waals surface area contributed by atoms with Gasteiger partial charge in [0.2, 0.25) is 11.8 Å². The molecule has 27 heavy (non-hydrogen) atoms. The molecule has 0 aliphatic carbocycles. The van der Waals surface area contributed by atoms with Crippen molar-refractivity contribution in [1.82, 2.24) is 10.8 Å². The number of amides is 2. The van der Waals surface area contributed by atoms with Crippen LogP contribution in [0.5, 0.6) is 11.5 Å². The van der Waals surface area contributed by atoms with Crippen molar-refractivity contribution >= 4 is 17.9 Å². The largest absolute Gasteiger partial charge is 0.457 e. The topological polar surface area (TPSA) is 87.7 Å². The van der Waals surface area contributed by atoms with Crippen LogP contribution in [0.1, 0.15) is 31.2 Å². The second-order valence-corrected chi connectivity index (χ2v) is 5.96. The molecule has 0 fully saturated rings. The molecule has 0 unspecified atom stereocenters. The third kappa shape index (κ3) is 8.20. The van der Waals surface area contributed by atoms with E-state index in [2.05, 4.69) is 5.32 Å². The van der Waals surface area contributed by atoms with Gasteiger partial charge in [0.1, 0.15) is 11.5 Å². The lowest BCUT2D eigenvalue weighted by atomic mass is 10.2. The minimum Gasteiger partial charge on any atom is -0.457 e. The van der Waals surface area contributed by atoms with Gasteiger partial charge < -0.3 is 10.1 Å². The summed E-state index contributed by atoms with van der Waals surface area (Å²) in [6, 6.07) is 17.0. The fraction of sp³-hybridized carbons (Fsp3) is 0.238. The first-order chi connectivity index (χ1) is 13.2. The van der Waals surface area contributed by atoms with Crippen molar-refractivity contribution in [3.8, 4) is 11.5 Å². The van der Waals surface area contributed by atoms with E-state index in [1.807, 2.05) is 54.6 Å². The van der Waals surface area contributed by atoms with Crippen LogP contribution in [0.15, 0.2) is 60.7 Å². The molecule has 0 radical (unpaired) electrons. The van der Waals surface area contributed by atoms with Gasteiger partial charge in [-0.25, -0.2) is 5.48 Å². The summed E-state index contributed by atoms with van der Waals surface area (Å²) in [4.78, 5) is 22.7. The normalized spacial score (nSPS) is 10.6. The van der Waals surface area contributed by atoms with E-state index in [-0.39, 0.29) is 18.2 Å². The van der Waals surface area contributed by atoms with Crippen LogP contribution in [0.4, 0.5) is 0 Å². The molecule has 2 aromatic carbocycles. The molecule has 3 N–H and O–H groups in total. The first-order valence-electron chi connectivity index (χ1n) is 8.89. The molecule has 2 amide bonds. The van der Waals surface area contributed by atoms with Gasteiger partial charge in [-0.1, -0.05) is 36.8 Å². The van der Waals surface area contributed by atoms with Crippen LogP contribution < -0.4 is 15.5 Å². The molecule has 0 atom stereocenters. The van der Waals surface area contributed by atoms with Crippen LogP contribution in [0.25, 0.3) is 6.08 Å². The number of benzene rings is 2. The lowest BCUT2D eigenvalue weighted by Crippen LogP contribution is -2.22. The van der Waals surface area contributed by atoms with Gasteiger partial charge in [-0.05, 0) is 48.7 Å². The number of ether oxygens (including phenoxy) is 1. The summed E-state index contributed by atoms with van der Waals surface area (Å²) in [5.41, 5.74) is 2.47. The zero-order valence-corrected chi connectivity index (χ0v) is 15.1. The fourth-order valence-electron chi connectivity index (χ4n) is 2.39. The van der Waals surface area contributed by atoms with Gasteiger partial charge in [0.05, 0.1) is 0 Å². The summed E-state index contributed by atoms with van der Waals surface area (Å²) in [5.74, 6) is 0.904. The SMILES string of the molecule is O=C(/C=C/c1cccc(Oc2ccccc2)c1)NCCCCCC(=O)NO. The molecular weight excluding hydrogens is 344 g/mol. The van der Waals surface area contributed by atoms with Crippen molar-refractivity contribution in [2.45, 2.75) is 25.7 Å². The van der Waals surface area contributed by atoms with E-state index in [1.165, 1.54) is 6.08 Å². The van der Waals surface area contributed by atoms with Gasteiger partial charge in [0.25, 0.3) is 0 Å². The Morgan fingerprint density at radius 1 is 0.963 bits per heavy atom. The second-order valence-electron chi connectivity index (χ2n) is 5.96. The van der Waals surface area contributed by atoms with E-state index in [0.717, 1.165) is 24.2 Å². The number of hydroxylamine groups is 1. The Balaban J connectivity index is 1.72. The maximum atomic E-state index is 11.9. The highest BCUT2D eigenvalue weighted by Crippen LogP contribution is 2.22. The fourth-order valence-corrected chi connectivity index (χ4v) is 2.39. The number of para-hydroxylation sites is 1. The first kappa shape index (κ1) is 20.2. The van der Waals surface area contributed by atoms with Crippen molar-refractivity contribution in [2.75, 3.05) is 6.54 Å². The molecule has 0 aliphatic heterocycles. The Labute approximate surface area is 158 Å². The molecule has 142 valence electrons. The average Bonchev–Trinajstić information content (AvgIpc) is 2.70. The van der Waals surface area contributed by atoms with E-state index in [4.69, 9.17) is 9.94 Å². The summed E-state index contributed by atoms with van der Waals surface area (Å²) in [7, 11) is 0. The molecule has 0 bridgehead atoms. The third-order valence-corrected chi connectivity index (χ3v) is 3.77. The third-order valence-electron chi connectivity index (χ3n) is 3.77. The number of nitrogens with one attached hydrogen (secondary N) is 2. The van der Waals surface area contributed by atoms with Crippen molar-refractivity contribution in [3.05, 3.63) is 66.2 Å². The van der Waals surface area contributed by atoms with Crippen LogP contribution in [0.3, 0.4) is 0 Å². The predicted molar refractivity (Wildman–Crippen MR) is 103 cm³/mol. The summed E-state index contributed by atoms with van der Waals surface area (Å²) in [6.45, 7) is 0.543. The van der Waals surface area contributed by atoms with Crippen LogP contribution in [-0.2, 0) is 9.59 Å². The summed E-state index contributed by atoms with van der Waals surface area (Å²) < 4.78 is 5.77. The van der Waals surface area contributed by atoms with Gasteiger partial charge in [0.15, 0.2) is 0 Å². The highest BCUT2D eigenvalue weighted by atomic mass is 16.5. The number of hydrogen-bond donors (Lipinski definition) is 3. The van der Waals surface area contributed by atoms with Crippen molar-refractivity contribution in [2.24, 2.45) is 0 Å². The number of carbonyl (C=O) groups is 2. The molecule has 6 heteroatoms. The minimum atomic E-state index is -0.388. The average molecular weight is 368 g/mol. The molecule has 0 aliphatic rings. The van der Waals surface area contributed by atoms with E-state index in [1.54, 1.807) is 11.6 Å². The number of unbranched alkanes of at least 4 members (excludes halogenated alkanes) is 2. The van der Waals surface area contributed by atoms with E-state index < -0.39 is 0 Å². The quantitative estimate of drug-likeness (QED) is 0.258. The van der Waals surface area contributed by atoms with Crippen LogP contribution in [0, 0.1) is 0 Å². The maximum absolute atomic E-state index is 11.9. The predicted octanol–water partition coefficient (Wildman–Crippen LogP) is 3.67. The molecule has 0 saturated carbocycles. The highest BCUT2D eigenvalue weighted by Gasteiger charge is 2.00. The molecule has 6 nitrogen and oxygen atoms in total. The molecule has 0 saturated heterocycles. The Hall–Kier alpha value is -3.12. The molecule has 2 aromatic rings. The van der Waals surface area contributed by atoms with Gasteiger partial charge in [0, 0.05) is 19.0 Å². The second kappa shape index (κ2) is 11.5. The standard InChI is InChI=1S/C21H24N2O4/c24-20(22-15-6-2-5-12-21(25)23-26)14-13-17-8-7-11-19(16-17)27-18-9-3-1-4-10-18/h1,3-4,7-11,13-14,16,26H,2,5-6,12,15H2,(H,22,24)(H,23,25)/b14-13+. The van der Waals surface area contributed by atoms with Crippen LogP contribution in [-0.4, -0.2) is 23.6 Å². The van der Waals surface area contributed by atoms with E-state index >= 15 is 0 Å². The minimum absolute atomic E-state index is 0.169. The Bertz CT molecular complexity index is 760. The Kier molecular flexibility index (Phi) is 8.59. The molecule has 2 rings (SSSR count). The molecule has 0 spiro atoms. The van der Waals surface area contributed by atoms with Gasteiger partial charge in [-0.3, -0.25) is 14.8 Å². The zero-order valence-electron chi connectivity index (χ0n) is 15.1. The Morgan fingerprint density at radius 3 is 2.52 bits per heavy atom. The number of hydrogen-bond acceptors (Lipinski definition) is 4. The summed E-state index contributed by atoms with van der Waals surface area (Å²) >= 11 is 0. The summed E-state index contributed by atoms with van der Waals surface area (Å²) in [5, 5.41) is 11.2. The molecule has 0 heterocycles. The van der Waals surface area contributed by atoms with Crippen LogP contribution >= 0.6 is 0 Å². The first-order valence-corrected chi connectivity index (χ1v) is 8.89. The lowest BCUT2D eigenvalue weighted by Gasteiger charge is -2.06. The maximum Gasteiger partial charge on any atom is 0.243 e. The van der Waals surface area contributed by atoms with Crippen molar-refractivity contribution < 1.29 is 19.5 Å². The zero-order chi connectivity index (χ0) is 19.3. The Morgan fingerprint density at radius 2 is 1.74 bits per heavy atom. The van der Waals surface area contributed by atoms with Crippen LogP contribution in [0.2, 0.25) is 0 Å². The van der Waals surface area contributed by atoms with Crippen molar-refractivity contribution in [1.29, 1.82) is 0 Å². The van der Waals surface area contributed by atoms with Gasteiger partial charge in [-0.2, -0.15) is 0 Å². The molecular formula is C21H24N2O4. The lowest BCUT2D eigenvalue weighted by molar-refractivity contribution is -0.129. The highest BCUT2D eigenvalue weighted by molar-refractivity contribution is 5.91. The number of carbonyl (C=O) groups excluding carboxylic acids is 2. The van der Waals surface area contributed by atoms with Gasteiger partial charge in [-0.15, -0.1) is 0 Å². The number of rotatable bonds is 10. The molecule has 0 aromatic heterocycles. The summed E-state index contributed by atoms with van der Waals surface area (Å²) in [6.07, 6.45) is 5.76. The van der Waals surface area contributed by atoms with Crippen molar-refractivity contribution in [3.63, 3.8) is 0 Å². The monoisotopic (exact) mass is 368 g/mol. The van der Waals surface area contributed by atoms with E-state index in [0.29, 0.717) is 18.7 Å². The van der Waals surface area contributed by atoms with E-state index in [9.17, 15) is 9.59 Å². The van der Waals surface area contributed by atoms with Gasteiger partial charge >= 0.3 is 0 Å². The smallest absolute Gasteiger partial charge is 0.243 e.